The number of hydrogen-bond acceptors (Lipinski definition) is 9. The zero-order valence-electron chi connectivity index (χ0n) is 15.1. The van der Waals surface area contributed by atoms with E-state index in [1.807, 2.05) is 12.3 Å². The molecule has 0 aliphatic carbocycles. The molecule has 3 aromatic heterocycles. The summed E-state index contributed by atoms with van der Waals surface area (Å²) in [6.07, 6.45) is 0.969. The number of fused-ring (bicyclic) bond motifs is 1. The summed E-state index contributed by atoms with van der Waals surface area (Å²) in [6.45, 7) is 2.66. The van der Waals surface area contributed by atoms with Crippen LogP contribution in [0.3, 0.4) is 0 Å². The molecule has 0 saturated carbocycles. The zero-order valence-corrected chi connectivity index (χ0v) is 22.3. The third kappa shape index (κ3) is 10.0. The number of aromatic amines is 2. The number of thiocarbonyl (C=S) groups is 1. The van der Waals surface area contributed by atoms with E-state index in [1.54, 1.807) is 17.5 Å². The van der Waals surface area contributed by atoms with Gasteiger partial charge in [-0.05, 0) is 41.5 Å². The molecule has 3 heterocycles. The number of nitrogen functional groups attached to an aromatic ring is 1. The van der Waals surface area contributed by atoms with Crippen LogP contribution in [0.4, 0.5) is 5.00 Å². The Morgan fingerprint density at radius 3 is 2.36 bits per heavy atom. The minimum atomic E-state index is -0.464. The second-order valence-corrected chi connectivity index (χ2v) is 8.00. The van der Waals surface area contributed by atoms with Crippen LogP contribution in [0.25, 0.3) is 10.2 Å². The molecule has 1 amide bonds. The summed E-state index contributed by atoms with van der Waals surface area (Å²) in [7, 11) is 0. The molecule has 146 valence electrons. The topological polar surface area (TPSA) is 127 Å². The first-order valence-electron chi connectivity index (χ1n) is 7.42. The van der Waals surface area contributed by atoms with Crippen molar-refractivity contribution in [1.29, 1.82) is 0 Å². The summed E-state index contributed by atoms with van der Waals surface area (Å²) in [4.78, 5) is 27.8. The number of carbonyl (C=O) groups excluding carboxylic acids is 1. The van der Waals surface area contributed by atoms with E-state index in [1.165, 1.54) is 22.7 Å². The number of primary amides is 1. The molecule has 0 atom stereocenters. The Kier molecular flexibility index (Phi) is 14.6. The van der Waals surface area contributed by atoms with E-state index in [2.05, 4.69) is 34.8 Å². The van der Waals surface area contributed by atoms with E-state index in [9.17, 15) is 9.59 Å². The number of H-pyrrole nitrogens is 2. The molecule has 13 heteroatoms. The molecule has 0 aromatic carbocycles. The number of thiophene rings is 2. The summed E-state index contributed by atoms with van der Waals surface area (Å²) in [5, 5.41) is 4.74. The number of hydrogen-bond donors (Lipinski definition) is 4. The summed E-state index contributed by atoms with van der Waals surface area (Å²) in [6, 6.07) is 3.38. The number of ether oxygens (including phenoxy) is 1. The number of nitrogens with two attached hydrogens (primary N) is 2. The fraction of sp³-hybridized carbons (Fsp3) is 0.200. The normalized spacial score (nSPS) is 9.18. The Balaban J connectivity index is 0.000000396. The SMILES string of the molecule is CCCOC(=S)[S-].NC(=O)c1ccsc1N.O=c1[nH]c(=S)[nH]c2sccc12.[K+]. The van der Waals surface area contributed by atoms with E-state index in [0.717, 1.165) is 11.3 Å². The monoisotopic (exact) mass is 500 g/mol. The van der Waals surface area contributed by atoms with Gasteiger partial charge in [-0.3, -0.25) is 14.6 Å². The predicted octanol–water partition coefficient (Wildman–Crippen LogP) is 0.325. The van der Waals surface area contributed by atoms with Crippen LogP contribution in [0.1, 0.15) is 23.7 Å². The van der Waals surface area contributed by atoms with Gasteiger partial charge < -0.3 is 46.0 Å². The number of nitrogens with one attached hydrogen (secondary N) is 2. The molecule has 0 saturated heterocycles. The summed E-state index contributed by atoms with van der Waals surface area (Å²) >= 11 is 16.5. The predicted molar refractivity (Wildman–Crippen MR) is 121 cm³/mol. The van der Waals surface area contributed by atoms with Crippen LogP contribution < -0.4 is 68.4 Å². The molecule has 0 aliphatic rings. The molecule has 0 unspecified atom stereocenters. The van der Waals surface area contributed by atoms with Crippen molar-refractivity contribution in [3.63, 3.8) is 0 Å². The number of anilines is 1. The summed E-state index contributed by atoms with van der Waals surface area (Å²) in [5.41, 5.74) is 10.6. The molecule has 0 spiro atoms. The van der Waals surface area contributed by atoms with Crippen LogP contribution in [0.5, 0.6) is 0 Å². The average Bonchev–Trinajstić information content (AvgIpc) is 3.22. The second kappa shape index (κ2) is 14.7. The Morgan fingerprint density at radius 2 is 1.93 bits per heavy atom. The third-order valence-electron chi connectivity index (χ3n) is 2.75. The maximum absolute atomic E-state index is 11.1. The first kappa shape index (κ1) is 27.8. The van der Waals surface area contributed by atoms with E-state index in [0.29, 0.717) is 27.3 Å². The molecule has 0 fully saturated rings. The zero-order chi connectivity index (χ0) is 20.4. The Morgan fingerprint density at radius 1 is 1.29 bits per heavy atom. The van der Waals surface area contributed by atoms with E-state index < -0.39 is 5.91 Å². The van der Waals surface area contributed by atoms with Gasteiger partial charge in [0.05, 0.1) is 22.6 Å². The molecular weight excluding hydrogens is 484 g/mol. The van der Waals surface area contributed by atoms with Crippen molar-refractivity contribution < 1.29 is 60.9 Å². The number of amides is 1. The first-order chi connectivity index (χ1) is 12.8. The Hall–Kier alpha value is -0.224. The minimum Gasteiger partial charge on any atom is -0.514 e. The van der Waals surface area contributed by atoms with Crippen molar-refractivity contribution in [2.75, 3.05) is 12.3 Å². The van der Waals surface area contributed by atoms with Crippen molar-refractivity contribution in [1.82, 2.24) is 9.97 Å². The molecule has 0 aliphatic heterocycles. The molecular formula is C15H17KN4O3S5. The first-order valence-corrected chi connectivity index (χ1v) is 10.4. The molecule has 6 N–H and O–H groups in total. The van der Waals surface area contributed by atoms with E-state index in [4.69, 9.17) is 28.4 Å². The van der Waals surface area contributed by atoms with Crippen molar-refractivity contribution in [2.45, 2.75) is 13.3 Å². The van der Waals surface area contributed by atoms with Gasteiger partial charge >= 0.3 is 51.4 Å². The van der Waals surface area contributed by atoms with Crippen LogP contribution in [-0.2, 0) is 17.4 Å². The summed E-state index contributed by atoms with van der Waals surface area (Å²) in [5.74, 6) is -0.464. The maximum atomic E-state index is 11.1. The molecule has 7 nitrogen and oxygen atoms in total. The van der Waals surface area contributed by atoms with Gasteiger partial charge in [0.25, 0.3) is 11.5 Å². The molecule has 0 radical (unpaired) electrons. The standard InChI is InChI=1S/C6H4N2OS2.C5H6N2OS.C4H8OS2.K/c9-4-3-1-2-11-5(3)8-6(10)7-4;6-4(8)3-1-2-9-5(3)7;1-2-3-5-4(6)7;/h1-2H,(H2,7,8,9,10);1-2H,7H2,(H2,6,8);2-3H2,1H3,(H,6,7);/q;;;+1/p-1. The smallest absolute Gasteiger partial charge is 0.514 e. The van der Waals surface area contributed by atoms with Crippen LogP contribution in [0.2, 0.25) is 0 Å². The quantitative estimate of drug-likeness (QED) is 0.232. The van der Waals surface area contributed by atoms with Crippen LogP contribution in [0, 0.1) is 4.77 Å². The molecule has 3 aromatic rings. The van der Waals surface area contributed by atoms with Gasteiger partial charge in [0.15, 0.2) is 4.77 Å². The van der Waals surface area contributed by atoms with Gasteiger partial charge in [0.2, 0.25) is 0 Å². The van der Waals surface area contributed by atoms with Gasteiger partial charge in [-0.2, -0.15) is 0 Å². The third-order valence-corrected chi connectivity index (χ3v) is 4.76. The average molecular weight is 501 g/mol. The van der Waals surface area contributed by atoms with Gasteiger partial charge in [-0.1, -0.05) is 6.92 Å². The molecule has 0 bridgehead atoms. The minimum absolute atomic E-state index is 0. The molecule has 28 heavy (non-hydrogen) atoms. The fourth-order valence-electron chi connectivity index (χ4n) is 1.60. The van der Waals surface area contributed by atoms with Gasteiger partial charge in [-0.15, -0.1) is 22.7 Å². The van der Waals surface area contributed by atoms with Crippen molar-refractivity contribution in [2.24, 2.45) is 5.73 Å². The fourth-order valence-corrected chi connectivity index (χ4v) is 3.46. The van der Waals surface area contributed by atoms with Gasteiger partial charge in [0, 0.05) is 4.38 Å². The van der Waals surface area contributed by atoms with Gasteiger partial charge in [0.1, 0.15) is 4.83 Å². The Bertz CT molecular complexity index is 1010. The van der Waals surface area contributed by atoms with E-state index in [-0.39, 0.29) is 61.3 Å². The van der Waals surface area contributed by atoms with Crippen molar-refractivity contribution in [3.8, 4) is 0 Å². The number of rotatable bonds is 3. The number of carbonyl (C=O) groups is 1. The Labute approximate surface area is 228 Å². The van der Waals surface area contributed by atoms with Gasteiger partial charge in [-0.25, -0.2) is 0 Å². The van der Waals surface area contributed by atoms with Crippen LogP contribution in [-0.4, -0.2) is 26.9 Å². The summed E-state index contributed by atoms with van der Waals surface area (Å²) < 4.78 is 5.34. The molecule has 3 rings (SSSR count). The van der Waals surface area contributed by atoms with Crippen molar-refractivity contribution in [3.05, 3.63) is 43.6 Å². The largest absolute Gasteiger partial charge is 1.00 e. The van der Waals surface area contributed by atoms with Crippen LogP contribution >= 0.6 is 47.1 Å². The van der Waals surface area contributed by atoms with Crippen LogP contribution in [0.15, 0.2) is 27.7 Å². The van der Waals surface area contributed by atoms with E-state index >= 15 is 0 Å². The van der Waals surface area contributed by atoms with Crippen molar-refractivity contribution >= 4 is 85.2 Å². The number of aromatic nitrogens is 2. The second-order valence-electron chi connectivity index (χ2n) is 4.73. The maximum Gasteiger partial charge on any atom is 1.00 e.